The van der Waals surface area contributed by atoms with Gasteiger partial charge in [-0.3, -0.25) is 4.79 Å². The van der Waals surface area contributed by atoms with E-state index in [4.69, 9.17) is 0 Å². The number of carboxylic acids is 1. The average Bonchev–Trinajstić information content (AvgIpc) is 2.28. The second-order valence-electron chi connectivity index (χ2n) is 4.43. The van der Waals surface area contributed by atoms with Crippen molar-refractivity contribution in [2.75, 3.05) is 0 Å². The molecule has 1 aliphatic heterocycles. The van der Waals surface area contributed by atoms with Crippen LogP contribution in [0, 0.1) is 6.92 Å². The molecule has 2 rings (SSSR count). The molecule has 1 aromatic rings. The summed E-state index contributed by atoms with van der Waals surface area (Å²) >= 11 is 0. The van der Waals surface area contributed by atoms with E-state index in [-0.39, 0.29) is 7.41 Å². The maximum Gasteiger partial charge on any atom is 0.320 e. The van der Waals surface area contributed by atoms with Crippen molar-refractivity contribution in [2.45, 2.75) is 25.9 Å². The summed E-state index contributed by atoms with van der Waals surface area (Å²) in [5.41, 5.74) is 3.34. The Balaban J connectivity index is 2.32. The number of hydrogen-bond acceptors (Lipinski definition) is 3. The lowest BCUT2D eigenvalue weighted by Gasteiger charge is -2.33. The molecule has 0 saturated carbocycles. The van der Waals surface area contributed by atoms with Gasteiger partial charge in [-0.15, -0.1) is 0 Å². The van der Waals surface area contributed by atoms with Gasteiger partial charge >= 0.3 is 5.97 Å². The molecule has 1 N–H and O–H groups in total. The van der Waals surface area contributed by atoms with Gasteiger partial charge in [0.05, 0.1) is 6.19 Å². The number of nitrogens with zero attached hydrogens (tertiary/aromatic N) is 1. The van der Waals surface area contributed by atoms with Crippen LogP contribution in [0.4, 0.5) is 0 Å². The zero-order valence-corrected chi connectivity index (χ0v) is 9.72. The summed E-state index contributed by atoms with van der Waals surface area (Å²) in [7, 11) is 0.171. The van der Waals surface area contributed by atoms with Gasteiger partial charge in [-0.2, -0.15) is 0 Å². The SMILES string of the molecule is Cc1ccc2c(c1)C[C@@H](C(=O)O)N(BC=O)C2. The Morgan fingerprint density at radius 3 is 2.94 bits per heavy atom. The van der Waals surface area contributed by atoms with Gasteiger partial charge in [0.15, 0.2) is 0 Å². The van der Waals surface area contributed by atoms with Gasteiger partial charge in [0, 0.05) is 6.54 Å². The number of aryl methyl sites for hydroxylation is 1. The molecule has 88 valence electrons. The van der Waals surface area contributed by atoms with Crippen molar-refractivity contribution < 1.29 is 14.7 Å². The number of fused-ring (bicyclic) bond motifs is 1. The molecule has 1 aromatic carbocycles. The summed E-state index contributed by atoms with van der Waals surface area (Å²) in [6, 6.07) is 5.47. The summed E-state index contributed by atoms with van der Waals surface area (Å²) in [6.07, 6.45) is 1.23. The molecule has 0 bridgehead atoms. The third kappa shape index (κ3) is 2.39. The molecule has 0 aromatic heterocycles. The molecule has 0 unspecified atom stereocenters. The number of carboxylic acid groups (broad SMARTS) is 1. The van der Waals surface area contributed by atoms with E-state index in [1.807, 2.05) is 25.1 Å². The van der Waals surface area contributed by atoms with Crippen LogP contribution < -0.4 is 0 Å². The van der Waals surface area contributed by atoms with Crippen molar-refractivity contribution in [3.8, 4) is 0 Å². The Kier molecular flexibility index (Phi) is 3.29. The molecule has 1 aliphatic rings. The van der Waals surface area contributed by atoms with Gasteiger partial charge in [0.1, 0.15) is 6.04 Å². The smallest absolute Gasteiger partial charge is 0.320 e. The average molecular weight is 231 g/mol. The fraction of sp³-hybridized carbons (Fsp3) is 0.333. The van der Waals surface area contributed by atoms with E-state index in [9.17, 15) is 14.7 Å². The molecule has 1 atom stereocenters. The van der Waals surface area contributed by atoms with Crippen LogP contribution in [0.2, 0.25) is 0 Å². The quantitative estimate of drug-likeness (QED) is 0.602. The molecule has 17 heavy (non-hydrogen) atoms. The number of carbonyl (C=O) groups is 2. The van der Waals surface area contributed by atoms with Gasteiger partial charge < -0.3 is 14.7 Å². The van der Waals surface area contributed by atoms with Crippen LogP contribution >= 0.6 is 0 Å². The second-order valence-corrected chi connectivity index (χ2v) is 4.43. The first-order valence-corrected chi connectivity index (χ1v) is 5.60. The Hall–Kier alpha value is -1.62. The molecular weight excluding hydrogens is 217 g/mol. The first-order chi connectivity index (χ1) is 8.11. The predicted octanol–water partition coefficient (Wildman–Crippen LogP) is 0.348. The van der Waals surface area contributed by atoms with E-state index in [2.05, 4.69) is 0 Å². The molecular formula is C12H14BNO3. The minimum absolute atomic E-state index is 0.171. The molecule has 4 nitrogen and oxygen atoms in total. The van der Waals surface area contributed by atoms with Crippen molar-refractivity contribution in [3.63, 3.8) is 0 Å². The van der Waals surface area contributed by atoms with Crippen LogP contribution in [0.15, 0.2) is 18.2 Å². The molecule has 0 amide bonds. The highest BCUT2D eigenvalue weighted by Crippen LogP contribution is 2.23. The fourth-order valence-corrected chi connectivity index (χ4v) is 2.30. The largest absolute Gasteiger partial charge is 0.480 e. The summed E-state index contributed by atoms with van der Waals surface area (Å²) in [6.45, 7) is 2.53. The highest BCUT2D eigenvalue weighted by atomic mass is 16.4. The lowest BCUT2D eigenvalue weighted by molar-refractivity contribution is -0.141. The van der Waals surface area contributed by atoms with Crippen molar-refractivity contribution >= 4 is 19.6 Å². The lowest BCUT2D eigenvalue weighted by Crippen LogP contribution is -2.47. The zero-order chi connectivity index (χ0) is 12.4. The molecule has 0 saturated heterocycles. The van der Waals surface area contributed by atoms with Crippen molar-refractivity contribution in [3.05, 3.63) is 34.9 Å². The molecule has 0 fully saturated rings. The second kappa shape index (κ2) is 4.71. The normalized spacial score (nSPS) is 19.5. The number of benzene rings is 1. The minimum atomic E-state index is -0.862. The zero-order valence-electron chi connectivity index (χ0n) is 9.72. The molecule has 5 heteroatoms. The van der Waals surface area contributed by atoms with E-state index in [0.717, 1.165) is 22.9 Å². The van der Waals surface area contributed by atoms with Crippen LogP contribution in [-0.2, 0) is 22.6 Å². The monoisotopic (exact) mass is 231 g/mol. The maximum absolute atomic E-state index is 11.2. The van der Waals surface area contributed by atoms with Crippen molar-refractivity contribution in [1.82, 2.24) is 4.81 Å². The summed E-state index contributed by atoms with van der Waals surface area (Å²) in [4.78, 5) is 23.5. The highest BCUT2D eigenvalue weighted by molar-refractivity contribution is 6.64. The van der Waals surface area contributed by atoms with E-state index in [1.165, 1.54) is 0 Å². The Morgan fingerprint density at radius 2 is 2.29 bits per heavy atom. The van der Waals surface area contributed by atoms with E-state index < -0.39 is 12.0 Å². The predicted molar refractivity (Wildman–Crippen MR) is 65.7 cm³/mol. The molecule has 0 aliphatic carbocycles. The minimum Gasteiger partial charge on any atom is -0.480 e. The van der Waals surface area contributed by atoms with Gasteiger partial charge in [0.2, 0.25) is 0 Å². The molecule has 1 heterocycles. The van der Waals surface area contributed by atoms with E-state index in [0.29, 0.717) is 13.0 Å². The van der Waals surface area contributed by atoms with Gasteiger partial charge in [-0.1, -0.05) is 23.8 Å². The lowest BCUT2D eigenvalue weighted by atomic mass is 9.83. The molecule has 0 spiro atoms. The van der Waals surface area contributed by atoms with Crippen LogP contribution in [-0.4, -0.2) is 35.5 Å². The topological polar surface area (TPSA) is 57.6 Å². The van der Waals surface area contributed by atoms with Crippen LogP contribution in [0.5, 0.6) is 0 Å². The fourth-order valence-electron chi connectivity index (χ4n) is 2.30. The number of rotatable bonds is 3. The summed E-state index contributed by atoms with van der Waals surface area (Å²) < 4.78 is 0. The van der Waals surface area contributed by atoms with Crippen LogP contribution in [0.3, 0.4) is 0 Å². The van der Waals surface area contributed by atoms with E-state index >= 15 is 0 Å². The van der Waals surface area contributed by atoms with Crippen molar-refractivity contribution in [2.24, 2.45) is 0 Å². The maximum atomic E-state index is 11.2. The first kappa shape index (κ1) is 11.9. The summed E-state index contributed by atoms with van der Waals surface area (Å²) in [5, 5.41) is 9.17. The molecule has 0 radical (unpaired) electrons. The Morgan fingerprint density at radius 1 is 1.53 bits per heavy atom. The Bertz CT molecular complexity index is 461. The third-order valence-corrected chi connectivity index (χ3v) is 3.18. The van der Waals surface area contributed by atoms with Crippen LogP contribution in [0.25, 0.3) is 0 Å². The first-order valence-electron chi connectivity index (χ1n) is 5.60. The number of carbonyl (C=O) groups excluding carboxylic acids is 1. The van der Waals surface area contributed by atoms with Gasteiger partial charge in [-0.05, 0) is 24.5 Å². The Labute approximate surface area is 101 Å². The van der Waals surface area contributed by atoms with Crippen LogP contribution in [0.1, 0.15) is 16.7 Å². The van der Waals surface area contributed by atoms with E-state index in [1.54, 1.807) is 4.81 Å². The van der Waals surface area contributed by atoms with Gasteiger partial charge in [-0.25, -0.2) is 0 Å². The summed E-state index contributed by atoms with van der Waals surface area (Å²) in [5.74, 6) is -0.862. The van der Waals surface area contributed by atoms with Gasteiger partial charge in [0.25, 0.3) is 7.41 Å². The number of aliphatic carboxylic acids is 1. The number of hydrogen-bond donors (Lipinski definition) is 1. The standard InChI is InChI=1S/C12H14BNO3/c1-8-2-3-9-6-14(13-7-15)11(12(16)17)5-10(9)4-8/h2-4,7,11,13H,5-6H2,1H3,(H,16,17)/t11-/m0/s1. The third-order valence-electron chi connectivity index (χ3n) is 3.18. The van der Waals surface area contributed by atoms with Crippen molar-refractivity contribution in [1.29, 1.82) is 0 Å². The highest BCUT2D eigenvalue weighted by Gasteiger charge is 2.31.